The van der Waals surface area contributed by atoms with E-state index in [2.05, 4.69) is 15.2 Å². The lowest BCUT2D eigenvalue weighted by Crippen LogP contribution is -2.53. The predicted octanol–water partition coefficient (Wildman–Crippen LogP) is 1.88. The van der Waals surface area contributed by atoms with Crippen LogP contribution in [0.1, 0.15) is 27.3 Å². The number of hydrogen-bond acceptors (Lipinski definition) is 6. The minimum absolute atomic E-state index is 0.0960. The van der Waals surface area contributed by atoms with E-state index in [1.165, 1.54) is 0 Å². The highest BCUT2D eigenvalue weighted by Gasteiger charge is 2.29. The van der Waals surface area contributed by atoms with Gasteiger partial charge < -0.3 is 10.4 Å². The van der Waals surface area contributed by atoms with Gasteiger partial charge in [0.1, 0.15) is 0 Å². The second-order valence-electron chi connectivity index (χ2n) is 5.60. The third-order valence-electron chi connectivity index (χ3n) is 3.84. The molecule has 1 fully saturated rings. The number of aryl methyl sites for hydroxylation is 1. The number of likely N-dealkylation sites (tertiary alicyclic amines) is 1. The van der Waals surface area contributed by atoms with Crippen LogP contribution in [0.3, 0.4) is 0 Å². The molecule has 2 aromatic heterocycles. The number of aliphatic hydroxyl groups excluding tert-OH is 1. The van der Waals surface area contributed by atoms with Crippen molar-refractivity contribution in [2.45, 2.75) is 32.0 Å². The molecule has 0 unspecified atom stereocenters. The van der Waals surface area contributed by atoms with Crippen molar-refractivity contribution in [2.75, 3.05) is 13.1 Å². The molecule has 22 heavy (non-hydrogen) atoms. The molecule has 0 aliphatic carbocycles. The Balaban J connectivity index is 1.53. The van der Waals surface area contributed by atoms with E-state index >= 15 is 0 Å². The van der Waals surface area contributed by atoms with Gasteiger partial charge in [-0.2, -0.15) is 0 Å². The van der Waals surface area contributed by atoms with Crippen molar-refractivity contribution in [3.05, 3.63) is 38.5 Å². The predicted molar refractivity (Wildman–Crippen MR) is 88.3 cm³/mol. The lowest BCUT2D eigenvalue weighted by Gasteiger charge is -2.35. The number of nitrogens with one attached hydrogen (secondary N) is 1. The summed E-state index contributed by atoms with van der Waals surface area (Å²) in [5.41, 5.74) is 3.54. The summed E-state index contributed by atoms with van der Waals surface area (Å²) in [6.45, 7) is 4.14. The van der Waals surface area contributed by atoms with Crippen molar-refractivity contribution >= 4 is 28.6 Å². The monoisotopic (exact) mass is 337 g/mol. The molecule has 1 aliphatic rings. The summed E-state index contributed by atoms with van der Waals surface area (Å²) in [4.78, 5) is 19.7. The van der Waals surface area contributed by atoms with Gasteiger partial charge >= 0.3 is 0 Å². The fraction of sp³-hybridized carbons (Fsp3) is 0.467. The molecular formula is C15H19N3O2S2. The third-order valence-corrected chi connectivity index (χ3v) is 5.34. The smallest absolute Gasteiger partial charge is 0.252 e. The first-order valence-electron chi connectivity index (χ1n) is 7.25. The van der Waals surface area contributed by atoms with Gasteiger partial charge in [-0.05, 0) is 19.4 Å². The number of carbonyl (C=O) groups is 1. The zero-order valence-corrected chi connectivity index (χ0v) is 14.0. The molecule has 2 aromatic rings. The fourth-order valence-electron chi connectivity index (χ4n) is 2.67. The van der Waals surface area contributed by atoms with E-state index in [0.717, 1.165) is 30.1 Å². The molecule has 0 aromatic carbocycles. The van der Waals surface area contributed by atoms with Gasteiger partial charge in [0, 0.05) is 35.3 Å². The van der Waals surface area contributed by atoms with E-state index in [1.54, 1.807) is 22.7 Å². The molecule has 0 saturated carbocycles. The van der Waals surface area contributed by atoms with Crippen LogP contribution in [0, 0.1) is 6.92 Å². The highest BCUT2D eigenvalue weighted by atomic mass is 32.1. The number of piperidine rings is 1. The first-order chi connectivity index (χ1) is 10.6. The minimum atomic E-state index is -0.545. The van der Waals surface area contributed by atoms with Crippen molar-refractivity contribution in [1.29, 1.82) is 0 Å². The number of hydrogen-bond donors (Lipinski definition) is 2. The molecule has 5 nitrogen and oxygen atoms in total. The molecular weight excluding hydrogens is 318 g/mol. The first kappa shape index (κ1) is 15.6. The van der Waals surface area contributed by atoms with Gasteiger partial charge in [-0.3, -0.25) is 9.69 Å². The number of thiophene rings is 1. The molecule has 118 valence electrons. The molecule has 7 heteroatoms. The Morgan fingerprint density at radius 1 is 1.55 bits per heavy atom. The van der Waals surface area contributed by atoms with Crippen molar-refractivity contribution in [3.63, 3.8) is 0 Å². The average molecular weight is 337 g/mol. The van der Waals surface area contributed by atoms with Gasteiger partial charge in [-0.1, -0.05) is 0 Å². The Morgan fingerprint density at radius 3 is 3.05 bits per heavy atom. The van der Waals surface area contributed by atoms with Crippen LogP contribution in [0.25, 0.3) is 0 Å². The Hall–Kier alpha value is -1.28. The van der Waals surface area contributed by atoms with E-state index in [1.807, 2.05) is 29.3 Å². The molecule has 0 radical (unpaired) electrons. The van der Waals surface area contributed by atoms with Crippen molar-refractivity contribution in [2.24, 2.45) is 0 Å². The second kappa shape index (κ2) is 6.87. The van der Waals surface area contributed by atoms with E-state index in [9.17, 15) is 9.90 Å². The van der Waals surface area contributed by atoms with Crippen LogP contribution in [0.4, 0.5) is 0 Å². The van der Waals surface area contributed by atoms with Gasteiger partial charge in [0.2, 0.25) is 0 Å². The van der Waals surface area contributed by atoms with Crippen LogP contribution in [0.15, 0.2) is 22.3 Å². The van der Waals surface area contributed by atoms with Crippen molar-refractivity contribution in [1.82, 2.24) is 15.2 Å². The van der Waals surface area contributed by atoms with Crippen LogP contribution in [-0.2, 0) is 6.54 Å². The van der Waals surface area contributed by atoms with Gasteiger partial charge in [0.25, 0.3) is 5.91 Å². The number of thiazole rings is 1. The molecule has 0 spiro atoms. The fourth-order valence-corrected chi connectivity index (χ4v) is 3.90. The Kier molecular flexibility index (Phi) is 4.87. The van der Waals surface area contributed by atoms with Gasteiger partial charge in [-0.25, -0.2) is 4.98 Å². The van der Waals surface area contributed by atoms with Crippen LogP contribution in [0.5, 0.6) is 0 Å². The summed E-state index contributed by atoms with van der Waals surface area (Å²) in [6.07, 6.45) is 0.205. The number of aromatic nitrogens is 1. The summed E-state index contributed by atoms with van der Waals surface area (Å²) in [5.74, 6) is -0.0960. The van der Waals surface area contributed by atoms with E-state index in [4.69, 9.17) is 0 Å². The van der Waals surface area contributed by atoms with Crippen LogP contribution >= 0.6 is 22.7 Å². The topological polar surface area (TPSA) is 65.5 Å². The Labute approximate surface area is 137 Å². The second-order valence-corrected chi connectivity index (χ2v) is 7.43. The quantitative estimate of drug-likeness (QED) is 0.894. The molecule has 1 amide bonds. The van der Waals surface area contributed by atoms with Crippen molar-refractivity contribution in [3.8, 4) is 0 Å². The standard InChI is InChI=1S/C15H19N3O2S2/c1-10-4-11(7-22-10)15(20)17-13-2-3-18(6-14(13)19)5-12-8-21-9-16-12/h4,7-9,13-14,19H,2-3,5-6H2,1H3,(H,17,20)/t13-,14-/m1/s1. The number of nitrogens with zero attached hydrogens (tertiary/aromatic N) is 2. The normalized spacial score (nSPS) is 22.6. The Morgan fingerprint density at radius 2 is 2.41 bits per heavy atom. The van der Waals surface area contributed by atoms with E-state index in [0.29, 0.717) is 12.1 Å². The van der Waals surface area contributed by atoms with Gasteiger partial charge in [0.05, 0.1) is 28.9 Å². The number of carbonyl (C=O) groups excluding carboxylic acids is 1. The molecule has 3 rings (SSSR count). The highest BCUT2D eigenvalue weighted by Crippen LogP contribution is 2.17. The molecule has 2 N–H and O–H groups in total. The van der Waals surface area contributed by atoms with Gasteiger partial charge in [0.15, 0.2) is 0 Å². The maximum absolute atomic E-state index is 12.2. The lowest BCUT2D eigenvalue weighted by atomic mass is 10.0. The summed E-state index contributed by atoms with van der Waals surface area (Å²) in [7, 11) is 0. The van der Waals surface area contributed by atoms with Crippen molar-refractivity contribution < 1.29 is 9.90 Å². The third kappa shape index (κ3) is 3.73. The minimum Gasteiger partial charge on any atom is -0.390 e. The van der Waals surface area contributed by atoms with E-state index < -0.39 is 6.10 Å². The van der Waals surface area contributed by atoms with Crippen LogP contribution in [-0.4, -0.2) is 46.1 Å². The lowest BCUT2D eigenvalue weighted by molar-refractivity contribution is 0.0346. The summed E-state index contributed by atoms with van der Waals surface area (Å²) >= 11 is 3.14. The zero-order chi connectivity index (χ0) is 15.5. The van der Waals surface area contributed by atoms with E-state index in [-0.39, 0.29) is 11.9 Å². The largest absolute Gasteiger partial charge is 0.390 e. The highest BCUT2D eigenvalue weighted by molar-refractivity contribution is 7.10. The molecule has 3 heterocycles. The number of aliphatic hydroxyl groups is 1. The summed E-state index contributed by atoms with van der Waals surface area (Å²) < 4.78 is 0. The summed E-state index contributed by atoms with van der Waals surface area (Å²) in [6, 6.07) is 1.70. The first-order valence-corrected chi connectivity index (χ1v) is 9.07. The molecule has 0 bridgehead atoms. The maximum Gasteiger partial charge on any atom is 0.252 e. The molecule has 1 saturated heterocycles. The van der Waals surface area contributed by atoms with Gasteiger partial charge in [-0.15, -0.1) is 22.7 Å². The van der Waals surface area contributed by atoms with Crippen LogP contribution < -0.4 is 5.32 Å². The number of amides is 1. The molecule has 1 aliphatic heterocycles. The number of β-amino-alcohol motifs (C(OH)–C–C–N with tert-alkyl or cyclic N) is 1. The summed E-state index contributed by atoms with van der Waals surface area (Å²) in [5, 5.41) is 17.1. The zero-order valence-electron chi connectivity index (χ0n) is 12.4. The SMILES string of the molecule is Cc1cc(C(=O)N[C@@H]2CCN(Cc3cscn3)C[C@H]2O)cs1. The maximum atomic E-state index is 12.2. The average Bonchev–Trinajstić information content (AvgIpc) is 3.13. The number of rotatable bonds is 4. The molecule has 2 atom stereocenters. The van der Waals surface area contributed by atoms with Crippen LogP contribution in [0.2, 0.25) is 0 Å². The Bertz CT molecular complexity index is 627.